The van der Waals surface area contributed by atoms with E-state index in [0.717, 1.165) is 22.6 Å². The van der Waals surface area contributed by atoms with E-state index in [1.165, 1.54) is 22.3 Å². The molecule has 0 fully saturated rings. The predicted octanol–water partition coefficient (Wildman–Crippen LogP) is 5.77. The molecule has 3 rings (SSSR count). The monoisotopic (exact) mass is 376 g/mol. The van der Waals surface area contributed by atoms with Crippen LogP contribution in [0.5, 0.6) is 0 Å². The zero-order valence-electron chi connectivity index (χ0n) is 9.96. The van der Waals surface area contributed by atoms with Gasteiger partial charge < -0.3 is 0 Å². The van der Waals surface area contributed by atoms with Gasteiger partial charge in [-0.15, -0.1) is 22.9 Å². The van der Waals surface area contributed by atoms with Crippen molar-refractivity contribution >= 4 is 50.6 Å². The van der Waals surface area contributed by atoms with Crippen molar-refractivity contribution in [3.63, 3.8) is 0 Å². The molecule has 0 nitrogen and oxygen atoms in total. The smallest absolute Gasteiger partial charge is 0.137 e. The van der Waals surface area contributed by atoms with Gasteiger partial charge in [0.1, 0.15) is 5.82 Å². The van der Waals surface area contributed by atoms with E-state index in [4.69, 9.17) is 11.6 Å². The van der Waals surface area contributed by atoms with Crippen molar-refractivity contribution in [1.29, 1.82) is 0 Å². The Hall–Kier alpha value is -0.0300. The van der Waals surface area contributed by atoms with E-state index >= 15 is 0 Å². The standard InChI is InChI=1S/C14H11BrClFS2/c15-10-5-8(1-2-11(10)17)14(16)13-6-9-7-18-4-3-12(9)19-13/h1-2,5-6,14H,3-4,7H2. The molecule has 100 valence electrons. The van der Waals surface area contributed by atoms with E-state index < -0.39 is 0 Å². The predicted molar refractivity (Wildman–Crippen MR) is 86.0 cm³/mol. The first-order valence-electron chi connectivity index (χ1n) is 5.93. The van der Waals surface area contributed by atoms with Gasteiger partial charge >= 0.3 is 0 Å². The molecule has 1 aromatic carbocycles. The lowest BCUT2D eigenvalue weighted by Gasteiger charge is -2.08. The second-order valence-corrected chi connectivity index (χ2v) is 8.00. The van der Waals surface area contributed by atoms with E-state index in [-0.39, 0.29) is 11.2 Å². The van der Waals surface area contributed by atoms with Gasteiger partial charge in [-0.1, -0.05) is 6.07 Å². The molecule has 0 saturated carbocycles. The van der Waals surface area contributed by atoms with Crippen LogP contribution in [-0.4, -0.2) is 5.75 Å². The van der Waals surface area contributed by atoms with Crippen molar-refractivity contribution in [2.75, 3.05) is 5.75 Å². The SMILES string of the molecule is Fc1ccc(C(Cl)c2cc3c(s2)CCSC3)cc1Br. The summed E-state index contributed by atoms with van der Waals surface area (Å²) < 4.78 is 13.7. The maximum Gasteiger partial charge on any atom is 0.137 e. The highest BCUT2D eigenvalue weighted by Gasteiger charge is 2.19. The number of aryl methyl sites for hydroxylation is 1. The molecule has 5 heteroatoms. The summed E-state index contributed by atoms with van der Waals surface area (Å²) in [5.41, 5.74) is 2.35. The molecule has 2 aromatic rings. The average Bonchev–Trinajstić information content (AvgIpc) is 2.85. The molecule has 1 unspecified atom stereocenters. The molecule has 0 radical (unpaired) electrons. The molecule has 0 saturated heterocycles. The molecule has 2 heterocycles. The number of thioether (sulfide) groups is 1. The van der Waals surface area contributed by atoms with Gasteiger partial charge in [0.2, 0.25) is 0 Å². The summed E-state index contributed by atoms with van der Waals surface area (Å²) in [7, 11) is 0. The van der Waals surface area contributed by atoms with Gasteiger partial charge in [0.15, 0.2) is 0 Å². The minimum Gasteiger partial charge on any atom is -0.206 e. The van der Waals surface area contributed by atoms with Crippen LogP contribution in [-0.2, 0) is 12.2 Å². The van der Waals surface area contributed by atoms with Crippen LogP contribution in [0, 0.1) is 5.82 Å². The van der Waals surface area contributed by atoms with Crippen LogP contribution < -0.4 is 0 Å². The lowest BCUT2D eigenvalue weighted by molar-refractivity contribution is 0.620. The third-order valence-corrected chi connectivity index (χ3v) is 6.67. The minimum absolute atomic E-state index is 0.197. The van der Waals surface area contributed by atoms with Crippen molar-refractivity contribution < 1.29 is 4.39 Å². The first-order valence-corrected chi connectivity index (χ1v) is 9.13. The number of hydrogen-bond acceptors (Lipinski definition) is 2. The lowest BCUT2D eigenvalue weighted by atomic mass is 10.1. The summed E-state index contributed by atoms with van der Waals surface area (Å²) in [6, 6.07) is 7.19. The number of fused-ring (bicyclic) bond motifs is 1. The Morgan fingerprint density at radius 1 is 1.32 bits per heavy atom. The van der Waals surface area contributed by atoms with E-state index in [1.54, 1.807) is 23.5 Å². The topological polar surface area (TPSA) is 0 Å². The van der Waals surface area contributed by atoms with Crippen molar-refractivity contribution in [3.05, 3.63) is 55.4 Å². The first kappa shape index (κ1) is 13.9. The fraction of sp³-hybridized carbons (Fsp3) is 0.286. The molecule has 19 heavy (non-hydrogen) atoms. The Morgan fingerprint density at radius 2 is 2.16 bits per heavy atom. The summed E-state index contributed by atoms with van der Waals surface area (Å²) in [4.78, 5) is 2.62. The highest BCUT2D eigenvalue weighted by molar-refractivity contribution is 9.10. The number of benzene rings is 1. The van der Waals surface area contributed by atoms with Crippen LogP contribution in [0.3, 0.4) is 0 Å². The van der Waals surface area contributed by atoms with E-state index in [9.17, 15) is 4.39 Å². The Kier molecular flexibility index (Phi) is 4.22. The van der Waals surface area contributed by atoms with Crippen LogP contribution in [0.15, 0.2) is 28.7 Å². The molecule has 0 spiro atoms. The third-order valence-electron chi connectivity index (χ3n) is 3.13. The molecule has 0 amide bonds. The molecule has 1 atom stereocenters. The lowest BCUT2D eigenvalue weighted by Crippen LogP contribution is -1.96. The zero-order chi connectivity index (χ0) is 13.4. The zero-order valence-corrected chi connectivity index (χ0v) is 13.9. The molecule has 0 N–H and O–H groups in total. The quantitative estimate of drug-likeness (QED) is 0.599. The van der Waals surface area contributed by atoms with Gasteiger partial charge in [-0.3, -0.25) is 0 Å². The largest absolute Gasteiger partial charge is 0.206 e. The second kappa shape index (κ2) is 5.76. The fourth-order valence-corrected chi connectivity index (χ4v) is 5.24. The van der Waals surface area contributed by atoms with E-state index in [0.29, 0.717) is 4.47 Å². The van der Waals surface area contributed by atoms with Crippen LogP contribution in [0.4, 0.5) is 4.39 Å². The number of thiophene rings is 1. The molecule has 0 aliphatic carbocycles. The fourth-order valence-electron chi connectivity index (χ4n) is 2.13. The maximum atomic E-state index is 13.3. The van der Waals surface area contributed by atoms with Crippen molar-refractivity contribution in [2.45, 2.75) is 17.6 Å². The third kappa shape index (κ3) is 2.87. The number of rotatable bonds is 2. The highest BCUT2D eigenvalue weighted by atomic mass is 79.9. The maximum absolute atomic E-state index is 13.3. The van der Waals surface area contributed by atoms with Crippen molar-refractivity contribution in [3.8, 4) is 0 Å². The van der Waals surface area contributed by atoms with Gasteiger partial charge in [0, 0.05) is 15.5 Å². The Morgan fingerprint density at radius 3 is 2.89 bits per heavy atom. The van der Waals surface area contributed by atoms with Crippen molar-refractivity contribution in [2.24, 2.45) is 0 Å². The number of halogens is 3. The van der Waals surface area contributed by atoms with E-state index in [2.05, 4.69) is 22.0 Å². The highest BCUT2D eigenvalue weighted by Crippen LogP contribution is 2.39. The van der Waals surface area contributed by atoms with Gasteiger partial charge in [-0.05, 0) is 57.4 Å². The number of hydrogen-bond donors (Lipinski definition) is 0. The van der Waals surface area contributed by atoms with Crippen LogP contribution in [0.1, 0.15) is 26.3 Å². The summed E-state index contributed by atoms with van der Waals surface area (Å²) in [6.07, 6.45) is 1.14. The summed E-state index contributed by atoms with van der Waals surface area (Å²) in [6.45, 7) is 0. The Labute approximate surface area is 133 Å². The molecule has 0 bridgehead atoms. The van der Waals surface area contributed by atoms with E-state index in [1.807, 2.05) is 11.8 Å². The Bertz CT molecular complexity index is 588. The normalized spacial score (nSPS) is 16.2. The number of alkyl halides is 1. The Balaban J connectivity index is 1.92. The van der Waals surface area contributed by atoms with Gasteiger partial charge in [-0.25, -0.2) is 4.39 Å². The molecule has 1 aliphatic heterocycles. The molecular formula is C14H11BrClFS2. The van der Waals surface area contributed by atoms with Gasteiger partial charge in [0.05, 0.1) is 9.85 Å². The van der Waals surface area contributed by atoms with Gasteiger partial charge in [-0.2, -0.15) is 11.8 Å². The molecule has 1 aliphatic rings. The van der Waals surface area contributed by atoms with Crippen LogP contribution in [0.25, 0.3) is 0 Å². The van der Waals surface area contributed by atoms with Crippen molar-refractivity contribution in [1.82, 2.24) is 0 Å². The second-order valence-electron chi connectivity index (χ2n) is 4.44. The average molecular weight is 378 g/mol. The first-order chi connectivity index (χ1) is 9.15. The molecule has 1 aromatic heterocycles. The van der Waals surface area contributed by atoms with Crippen LogP contribution in [0.2, 0.25) is 0 Å². The van der Waals surface area contributed by atoms with Crippen LogP contribution >= 0.6 is 50.6 Å². The summed E-state index contributed by atoms with van der Waals surface area (Å²) in [5, 5.41) is -0.197. The molecular weight excluding hydrogens is 367 g/mol. The minimum atomic E-state index is -0.255. The summed E-state index contributed by atoms with van der Waals surface area (Å²) >= 11 is 13.5. The van der Waals surface area contributed by atoms with Gasteiger partial charge in [0.25, 0.3) is 0 Å². The summed E-state index contributed by atoms with van der Waals surface area (Å²) in [5.74, 6) is 2.03.